The van der Waals surface area contributed by atoms with E-state index in [1.807, 2.05) is 12.1 Å². The van der Waals surface area contributed by atoms with Crippen LogP contribution in [0.4, 0.5) is 0 Å². The Balaban J connectivity index is 2.24. The second-order valence-corrected chi connectivity index (χ2v) is 5.89. The van der Waals surface area contributed by atoms with E-state index < -0.39 is 0 Å². The van der Waals surface area contributed by atoms with Crippen LogP contribution in [0.2, 0.25) is 0 Å². The molecule has 0 spiro atoms. The summed E-state index contributed by atoms with van der Waals surface area (Å²) in [4.78, 5) is 0. The Morgan fingerprint density at radius 1 is 0.621 bits per heavy atom. The van der Waals surface area contributed by atoms with E-state index in [2.05, 4.69) is 5.16 Å². The highest BCUT2D eigenvalue weighted by molar-refractivity contribution is 5.85. The van der Waals surface area contributed by atoms with Gasteiger partial charge in [-0.05, 0) is 23.8 Å². The molecule has 0 aliphatic heterocycles. The van der Waals surface area contributed by atoms with Crippen molar-refractivity contribution in [2.24, 2.45) is 0 Å². The van der Waals surface area contributed by atoms with Gasteiger partial charge in [-0.1, -0.05) is 5.16 Å². The molecule has 0 fully saturated rings. The standard InChI is InChI=1S/C21H23NO7/c1-23-13-9-14(20(27-5)18(10-13)26-4)19-15(11-22-29-19)12-7-16(24-2)21(28-6)17(8-12)25-3/h7-11H,1-6H3. The monoisotopic (exact) mass is 401 g/mol. The summed E-state index contributed by atoms with van der Waals surface area (Å²) in [7, 11) is 9.37. The summed E-state index contributed by atoms with van der Waals surface area (Å²) in [6.45, 7) is 0. The van der Waals surface area contributed by atoms with Gasteiger partial charge < -0.3 is 32.9 Å². The highest BCUT2D eigenvalue weighted by atomic mass is 16.5. The van der Waals surface area contributed by atoms with E-state index in [0.717, 1.165) is 5.56 Å². The van der Waals surface area contributed by atoms with E-state index in [1.54, 1.807) is 61.0 Å². The highest BCUT2D eigenvalue weighted by Crippen LogP contribution is 2.47. The van der Waals surface area contributed by atoms with Gasteiger partial charge in [0.25, 0.3) is 0 Å². The van der Waals surface area contributed by atoms with Gasteiger partial charge in [-0.15, -0.1) is 0 Å². The maximum Gasteiger partial charge on any atom is 0.203 e. The summed E-state index contributed by atoms with van der Waals surface area (Å²) in [6, 6.07) is 7.17. The molecule has 0 amide bonds. The van der Waals surface area contributed by atoms with Crippen molar-refractivity contribution >= 4 is 0 Å². The lowest BCUT2D eigenvalue weighted by atomic mass is 10.0. The van der Waals surface area contributed by atoms with E-state index >= 15 is 0 Å². The third kappa shape index (κ3) is 3.61. The number of nitrogens with zero attached hydrogens (tertiary/aromatic N) is 1. The van der Waals surface area contributed by atoms with Crippen molar-refractivity contribution in [3.63, 3.8) is 0 Å². The van der Waals surface area contributed by atoms with Crippen LogP contribution in [-0.2, 0) is 0 Å². The topological polar surface area (TPSA) is 81.4 Å². The summed E-state index contributed by atoms with van der Waals surface area (Å²) in [5.74, 6) is 3.61. The van der Waals surface area contributed by atoms with Gasteiger partial charge in [0.15, 0.2) is 28.8 Å². The third-order valence-electron chi connectivity index (χ3n) is 4.48. The predicted octanol–water partition coefficient (Wildman–Crippen LogP) is 4.06. The number of aromatic nitrogens is 1. The molecule has 2 aromatic carbocycles. The van der Waals surface area contributed by atoms with Gasteiger partial charge >= 0.3 is 0 Å². The van der Waals surface area contributed by atoms with Crippen LogP contribution < -0.4 is 28.4 Å². The van der Waals surface area contributed by atoms with Gasteiger partial charge in [-0.2, -0.15) is 0 Å². The number of benzene rings is 2. The molecular weight excluding hydrogens is 378 g/mol. The summed E-state index contributed by atoms with van der Waals surface area (Å²) >= 11 is 0. The molecule has 8 heteroatoms. The Kier molecular flexibility index (Phi) is 6.01. The van der Waals surface area contributed by atoms with E-state index in [9.17, 15) is 0 Å². The first kappa shape index (κ1) is 20.2. The molecule has 3 rings (SSSR count). The molecule has 0 N–H and O–H groups in total. The van der Waals surface area contributed by atoms with Gasteiger partial charge in [-0.25, -0.2) is 0 Å². The SMILES string of the molecule is COc1cc(OC)c(OC)c(-c2oncc2-c2cc(OC)c(OC)c(OC)c2)c1. The lowest BCUT2D eigenvalue weighted by Crippen LogP contribution is -1.97. The van der Waals surface area contributed by atoms with Crippen LogP contribution in [0.3, 0.4) is 0 Å². The first-order valence-electron chi connectivity index (χ1n) is 8.67. The van der Waals surface area contributed by atoms with E-state index in [1.165, 1.54) is 0 Å². The normalized spacial score (nSPS) is 10.4. The molecule has 0 saturated carbocycles. The Bertz CT molecular complexity index is 972. The molecule has 3 aromatic rings. The van der Waals surface area contributed by atoms with Crippen LogP contribution >= 0.6 is 0 Å². The molecule has 0 bridgehead atoms. The zero-order valence-electron chi connectivity index (χ0n) is 17.2. The van der Waals surface area contributed by atoms with E-state index in [4.69, 9.17) is 32.9 Å². The van der Waals surface area contributed by atoms with Crippen molar-refractivity contribution in [2.45, 2.75) is 0 Å². The van der Waals surface area contributed by atoms with Crippen LogP contribution in [0.1, 0.15) is 0 Å². The first-order chi connectivity index (χ1) is 14.1. The van der Waals surface area contributed by atoms with Crippen LogP contribution in [0.25, 0.3) is 22.5 Å². The van der Waals surface area contributed by atoms with Crippen molar-refractivity contribution in [3.8, 4) is 56.9 Å². The smallest absolute Gasteiger partial charge is 0.203 e. The molecule has 1 aromatic heterocycles. The predicted molar refractivity (Wildman–Crippen MR) is 107 cm³/mol. The second kappa shape index (κ2) is 8.64. The third-order valence-corrected chi connectivity index (χ3v) is 4.48. The van der Waals surface area contributed by atoms with Crippen molar-refractivity contribution in [3.05, 3.63) is 30.5 Å². The lowest BCUT2D eigenvalue weighted by molar-refractivity contribution is 0.324. The summed E-state index contributed by atoms with van der Waals surface area (Å²) < 4.78 is 38.3. The van der Waals surface area contributed by atoms with Gasteiger partial charge in [-0.3, -0.25) is 0 Å². The largest absolute Gasteiger partial charge is 0.497 e. The van der Waals surface area contributed by atoms with Crippen molar-refractivity contribution in [1.29, 1.82) is 0 Å². The van der Waals surface area contributed by atoms with Crippen LogP contribution in [0.15, 0.2) is 35.0 Å². The minimum Gasteiger partial charge on any atom is -0.497 e. The summed E-state index contributed by atoms with van der Waals surface area (Å²) in [6.07, 6.45) is 1.61. The Morgan fingerprint density at radius 3 is 1.72 bits per heavy atom. The zero-order valence-corrected chi connectivity index (χ0v) is 17.2. The molecule has 1 heterocycles. The summed E-state index contributed by atoms with van der Waals surface area (Å²) in [5.41, 5.74) is 2.10. The van der Waals surface area contributed by atoms with Crippen molar-refractivity contribution in [2.75, 3.05) is 42.7 Å². The average molecular weight is 401 g/mol. The molecule has 0 aliphatic rings. The second-order valence-electron chi connectivity index (χ2n) is 5.89. The number of rotatable bonds is 8. The number of hydrogen-bond donors (Lipinski definition) is 0. The van der Waals surface area contributed by atoms with Gasteiger partial charge in [0.05, 0.1) is 54.4 Å². The fourth-order valence-electron chi connectivity index (χ4n) is 3.10. The molecular formula is C21H23NO7. The zero-order chi connectivity index (χ0) is 21.0. The van der Waals surface area contributed by atoms with E-state index in [-0.39, 0.29) is 0 Å². The maximum absolute atomic E-state index is 5.60. The van der Waals surface area contributed by atoms with Gasteiger partial charge in [0.2, 0.25) is 5.75 Å². The fraction of sp³-hybridized carbons (Fsp3) is 0.286. The average Bonchev–Trinajstić information content (AvgIpc) is 3.26. The maximum atomic E-state index is 5.60. The Labute approximate surface area is 168 Å². The quantitative estimate of drug-likeness (QED) is 0.559. The van der Waals surface area contributed by atoms with Crippen molar-refractivity contribution in [1.82, 2.24) is 5.16 Å². The minimum absolute atomic E-state index is 0.480. The van der Waals surface area contributed by atoms with Crippen LogP contribution in [0, 0.1) is 0 Å². The highest BCUT2D eigenvalue weighted by Gasteiger charge is 2.23. The molecule has 0 radical (unpaired) electrons. The number of methoxy groups -OCH3 is 6. The molecule has 0 atom stereocenters. The minimum atomic E-state index is 0.480. The molecule has 0 aliphatic carbocycles. The molecule has 29 heavy (non-hydrogen) atoms. The Hall–Kier alpha value is -3.55. The van der Waals surface area contributed by atoms with Crippen molar-refractivity contribution < 1.29 is 32.9 Å². The number of ether oxygens (including phenoxy) is 6. The first-order valence-corrected chi connectivity index (χ1v) is 8.67. The van der Waals surface area contributed by atoms with E-state index in [0.29, 0.717) is 51.4 Å². The van der Waals surface area contributed by atoms with Crippen LogP contribution in [-0.4, -0.2) is 47.8 Å². The van der Waals surface area contributed by atoms with Gasteiger partial charge in [0.1, 0.15) is 5.75 Å². The van der Waals surface area contributed by atoms with Gasteiger partial charge in [0, 0.05) is 11.6 Å². The lowest BCUT2D eigenvalue weighted by Gasteiger charge is -2.15. The molecule has 154 valence electrons. The molecule has 8 nitrogen and oxygen atoms in total. The Morgan fingerprint density at radius 2 is 1.21 bits per heavy atom. The number of hydrogen-bond acceptors (Lipinski definition) is 8. The fourth-order valence-corrected chi connectivity index (χ4v) is 3.10. The van der Waals surface area contributed by atoms with Crippen LogP contribution in [0.5, 0.6) is 34.5 Å². The molecule has 0 saturated heterocycles. The summed E-state index contributed by atoms with van der Waals surface area (Å²) in [5, 5.41) is 3.99. The molecule has 0 unspecified atom stereocenters.